The van der Waals surface area contributed by atoms with Crippen LogP contribution in [-0.2, 0) is 0 Å². The highest BCUT2D eigenvalue weighted by Crippen LogP contribution is 2.17. The predicted octanol–water partition coefficient (Wildman–Crippen LogP) is 3.55. The molecule has 0 fully saturated rings. The largest absolute Gasteiger partial charge is 0.272 e. The standard InChI is InChI=1S/C15H12ClFN2O/c1-10-2-7-13(14(16)8-10)15(20)19-18-9-11-3-5-12(17)6-4-11/h2-9H,1H3,(H,19,20)/b18-9-. The molecule has 3 nitrogen and oxygen atoms in total. The molecule has 1 N–H and O–H groups in total. The molecule has 0 spiro atoms. The van der Waals surface area contributed by atoms with Gasteiger partial charge in [-0.15, -0.1) is 0 Å². The summed E-state index contributed by atoms with van der Waals surface area (Å²) in [5.74, 6) is -0.717. The molecule has 0 unspecified atom stereocenters. The number of nitrogens with one attached hydrogen (secondary N) is 1. The SMILES string of the molecule is Cc1ccc(C(=O)N/N=C\c2ccc(F)cc2)c(Cl)c1. The number of hydrogen-bond acceptors (Lipinski definition) is 2. The van der Waals surface area contributed by atoms with E-state index in [2.05, 4.69) is 10.5 Å². The molecule has 0 aliphatic rings. The van der Waals surface area contributed by atoms with Gasteiger partial charge < -0.3 is 0 Å². The second kappa shape index (κ2) is 6.30. The molecule has 2 aromatic carbocycles. The second-order valence-corrected chi connectivity index (χ2v) is 4.64. The van der Waals surface area contributed by atoms with Gasteiger partial charge in [0.2, 0.25) is 0 Å². The molecule has 0 saturated heterocycles. The number of nitrogens with zero attached hydrogens (tertiary/aromatic N) is 1. The van der Waals surface area contributed by atoms with Crippen molar-refractivity contribution in [3.05, 3.63) is 70.0 Å². The number of hydrogen-bond donors (Lipinski definition) is 1. The summed E-state index contributed by atoms with van der Waals surface area (Å²) in [7, 11) is 0. The van der Waals surface area contributed by atoms with Crippen LogP contribution in [-0.4, -0.2) is 12.1 Å². The molecule has 5 heteroatoms. The van der Waals surface area contributed by atoms with Crippen molar-refractivity contribution in [2.24, 2.45) is 5.10 Å². The van der Waals surface area contributed by atoms with Crippen molar-refractivity contribution < 1.29 is 9.18 Å². The Balaban J connectivity index is 2.03. The Kier molecular flexibility index (Phi) is 4.48. The predicted molar refractivity (Wildman–Crippen MR) is 77.6 cm³/mol. The van der Waals surface area contributed by atoms with Crippen molar-refractivity contribution in [3.63, 3.8) is 0 Å². The van der Waals surface area contributed by atoms with Gasteiger partial charge in [0, 0.05) is 0 Å². The van der Waals surface area contributed by atoms with E-state index in [1.54, 1.807) is 30.3 Å². The molecule has 0 heterocycles. The molecular weight excluding hydrogens is 279 g/mol. The van der Waals surface area contributed by atoms with Gasteiger partial charge in [0.05, 0.1) is 16.8 Å². The average molecular weight is 291 g/mol. The smallest absolute Gasteiger partial charge is 0.267 e. The summed E-state index contributed by atoms with van der Waals surface area (Å²) in [6, 6.07) is 10.9. The topological polar surface area (TPSA) is 41.5 Å². The van der Waals surface area contributed by atoms with Crippen molar-refractivity contribution in [1.29, 1.82) is 0 Å². The number of hydrazone groups is 1. The van der Waals surface area contributed by atoms with Gasteiger partial charge in [0.15, 0.2) is 0 Å². The Morgan fingerprint density at radius 2 is 1.95 bits per heavy atom. The fourth-order valence-electron chi connectivity index (χ4n) is 1.58. The van der Waals surface area contributed by atoms with Crippen molar-refractivity contribution in [2.45, 2.75) is 6.92 Å². The molecular formula is C15H12ClFN2O. The lowest BCUT2D eigenvalue weighted by molar-refractivity contribution is 0.0955. The van der Waals surface area contributed by atoms with Crippen molar-refractivity contribution in [1.82, 2.24) is 5.43 Å². The summed E-state index contributed by atoms with van der Waals surface area (Å²) in [5, 5.41) is 4.18. The zero-order valence-corrected chi connectivity index (χ0v) is 11.5. The van der Waals surface area contributed by atoms with Crippen molar-refractivity contribution >= 4 is 23.7 Å². The van der Waals surface area contributed by atoms with Crippen LogP contribution in [0.1, 0.15) is 21.5 Å². The minimum Gasteiger partial charge on any atom is -0.267 e. The number of rotatable bonds is 3. The van der Waals surface area contributed by atoms with Crippen LogP contribution < -0.4 is 5.43 Å². The van der Waals surface area contributed by atoms with Crippen molar-refractivity contribution in [2.75, 3.05) is 0 Å². The maximum atomic E-state index is 12.7. The maximum absolute atomic E-state index is 12.7. The van der Waals surface area contributed by atoms with Gasteiger partial charge in [0.25, 0.3) is 5.91 Å². The number of benzene rings is 2. The normalized spacial score (nSPS) is 10.8. The molecule has 2 aromatic rings. The zero-order valence-electron chi connectivity index (χ0n) is 10.7. The quantitative estimate of drug-likeness (QED) is 0.681. The lowest BCUT2D eigenvalue weighted by Gasteiger charge is -2.03. The fourth-order valence-corrected chi connectivity index (χ4v) is 1.90. The number of aryl methyl sites for hydroxylation is 1. The molecule has 0 atom stereocenters. The summed E-state index contributed by atoms with van der Waals surface area (Å²) >= 11 is 5.98. The monoisotopic (exact) mass is 290 g/mol. The Labute approximate surface area is 121 Å². The van der Waals surface area contributed by atoms with Gasteiger partial charge in [0.1, 0.15) is 5.82 Å². The molecule has 2 rings (SSSR count). The van der Waals surface area contributed by atoms with Gasteiger partial charge in [-0.25, -0.2) is 9.82 Å². The third-order valence-electron chi connectivity index (χ3n) is 2.62. The first-order chi connectivity index (χ1) is 9.56. The first-order valence-corrected chi connectivity index (χ1v) is 6.29. The third-order valence-corrected chi connectivity index (χ3v) is 2.93. The van der Waals surface area contributed by atoms with E-state index in [4.69, 9.17) is 11.6 Å². The zero-order chi connectivity index (χ0) is 14.5. The molecule has 0 aromatic heterocycles. The van der Waals surface area contributed by atoms with Gasteiger partial charge in [-0.05, 0) is 42.3 Å². The van der Waals surface area contributed by atoms with Crippen LogP contribution >= 0.6 is 11.6 Å². The Morgan fingerprint density at radius 1 is 1.25 bits per heavy atom. The molecule has 0 aliphatic heterocycles. The molecule has 102 valence electrons. The first-order valence-electron chi connectivity index (χ1n) is 5.91. The van der Waals surface area contributed by atoms with Crippen LogP contribution in [0.2, 0.25) is 5.02 Å². The average Bonchev–Trinajstić information content (AvgIpc) is 2.41. The van der Waals surface area contributed by atoms with E-state index in [9.17, 15) is 9.18 Å². The number of amides is 1. The highest BCUT2D eigenvalue weighted by Gasteiger charge is 2.08. The van der Waals surface area contributed by atoms with Crippen LogP contribution in [0.15, 0.2) is 47.6 Å². The van der Waals surface area contributed by atoms with E-state index < -0.39 is 5.91 Å². The number of halogens is 2. The highest BCUT2D eigenvalue weighted by molar-refractivity contribution is 6.33. The minimum absolute atomic E-state index is 0.322. The van der Waals surface area contributed by atoms with Crippen LogP contribution in [0.25, 0.3) is 0 Å². The summed E-state index contributed by atoms with van der Waals surface area (Å²) in [4.78, 5) is 11.9. The van der Waals surface area contributed by atoms with E-state index in [0.29, 0.717) is 16.1 Å². The Hall–Kier alpha value is -2.20. The summed E-state index contributed by atoms with van der Waals surface area (Å²) in [6.45, 7) is 1.89. The summed E-state index contributed by atoms with van der Waals surface area (Å²) in [5.41, 5.74) is 4.39. The molecule has 0 saturated carbocycles. The second-order valence-electron chi connectivity index (χ2n) is 4.23. The number of carbonyl (C=O) groups is 1. The lowest BCUT2D eigenvalue weighted by Crippen LogP contribution is -2.18. The molecule has 0 radical (unpaired) electrons. The van der Waals surface area contributed by atoms with Gasteiger partial charge in [-0.2, -0.15) is 5.10 Å². The van der Waals surface area contributed by atoms with Crippen molar-refractivity contribution in [3.8, 4) is 0 Å². The van der Waals surface area contributed by atoms with E-state index in [1.807, 2.05) is 6.92 Å². The first kappa shape index (κ1) is 14.2. The highest BCUT2D eigenvalue weighted by atomic mass is 35.5. The van der Waals surface area contributed by atoms with Gasteiger partial charge in [-0.3, -0.25) is 4.79 Å². The van der Waals surface area contributed by atoms with Crippen LogP contribution in [0, 0.1) is 12.7 Å². The molecule has 0 bridgehead atoms. The third kappa shape index (κ3) is 3.65. The summed E-state index contributed by atoms with van der Waals surface area (Å²) < 4.78 is 12.7. The fraction of sp³-hybridized carbons (Fsp3) is 0.0667. The van der Waals surface area contributed by atoms with Crippen LogP contribution in [0.3, 0.4) is 0 Å². The van der Waals surface area contributed by atoms with Gasteiger partial charge in [-0.1, -0.05) is 29.8 Å². The van der Waals surface area contributed by atoms with Gasteiger partial charge >= 0.3 is 0 Å². The molecule has 20 heavy (non-hydrogen) atoms. The van der Waals surface area contributed by atoms with E-state index in [-0.39, 0.29) is 5.82 Å². The Morgan fingerprint density at radius 3 is 2.60 bits per heavy atom. The number of carbonyl (C=O) groups excluding carboxylic acids is 1. The van der Waals surface area contributed by atoms with Crippen LogP contribution in [0.5, 0.6) is 0 Å². The van der Waals surface area contributed by atoms with E-state index in [1.165, 1.54) is 18.3 Å². The Bertz CT molecular complexity index is 653. The minimum atomic E-state index is -0.395. The molecule has 0 aliphatic carbocycles. The molecule has 1 amide bonds. The summed E-state index contributed by atoms with van der Waals surface area (Å²) in [6.07, 6.45) is 1.43. The van der Waals surface area contributed by atoms with E-state index >= 15 is 0 Å². The van der Waals surface area contributed by atoms with Crippen LogP contribution in [0.4, 0.5) is 4.39 Å². The lowest BCUT2D eigenvalue weighted by atomic mass is 10.1. The van der Waals surface area contributed by atoms with E-state index in [0.717, 1.165) is 5.56 Å². The maximum Gasteiger partial charge on any atom is 0.272 e.